The van der Waals surface area contributed by atoms with Crippen molar-refractivity contribution in [3.8, 4) is 11.1 Å². The largest absolute Gasteiger partial charge is 0.397 e. The Morgan fingerprint density at radius 1 is 1.04 bits per heavy atom. The highest BCUT2D eigenvalue weighted by Gasteiger charge is 2.38. The number of benzene rings is 2. The van der Waals surface area contributed by atoms with Crippen molar-refractivity contribution in [3.05, 3.63) is 48.3 Å². The Morgan fingerprint density at radius 2 is 1.68 bits per heavy atom. The highest BCUT2D eigenvalue weighted by atomic mass is 19.1. The number of hydrogen-bond donors (Lipinski definition) is 2. The minimum absolute atomic E-state index is 0.0858. The van der Waals surface area contributed by atoms with Crippen molar-refractivity contribution >= 4 is 17.4 Å². The number of anilines is 2. The van der Waals surface area contributed by atoms with Gasteiger partial charge in [-0.2, -0.15) is 0 Å². The minimum Gasteiger partial charge on any atom is -0.397 e. The highest BCUT2D eigenvalue weighted by molar-refractivity contribution is 5.94. The first kappa shape index (κ1) is 15.9. The Bertz CT molecular complexity index is 778. The lowest BCUT2D eigenvalue weighted by molar-refractivity contribution is 0.219. The van der Waals surface area contributed by atoms with Crippen LogP contribution in [0.3, 0.4) is 0 Å². The van der Waals surface area contributed by atoms with Gasteiger partial charge in [0.05, 0.1) is 11.4 Å². The summed E-state index contributed by atoms with van der Waals surface area (Å²) in [6.07, 6.45) is 3.75. The number of urea groups is 1. The van der Waals surface area contributed by atoms with Gasteiger partial charge in [-0.1, -0.05) is 24.6 Å². The Kier molecular flexibility index (Phi) is 4.07. The molecule has 2 amide bonds. The SMILES string of the molecule is Nc1ccc(-c2ccc(F)cc2)cc1NC(=O)N1CC2CCCC2C1. The molecule has 130 valence electrons. The summed E-state index contributed by atoms with van der Waals surface area (Å²) in [4.78, 5) is 14.5. The van der Waals surface area contributed by atoms with E-state index in [1.54, 1.807) is 18.2 Å². The fraction of sp³-hybridized carbons (Fsp3) is 0.350. The van der Waals surface area contributed by atoms with E-state index in [1.807, 2.05) is 17.0 Å². The molecule has 3 N–H and O–H groups in total. The van der Waals surface area contributed by atoms with Gasteiger partial charge < -0.3 is 16.0 Å². The van der Waals surface area contributed by atoms with Gasteiger partial charge in [0, 0.05) is 13.1 Å². The van der Waals surface area contributed by atoms with Crippen LogP contribution in [0.15, 0.2) is 42.5 Å². The molecule has 1 saturated heterocycles. The van der Waals surface area contributed by atoms with Crippen LogP contribution in [-0.4, -0.2) is 24.0 Å². The van der Waals surface area contributed by atoms with E-state index in [1.165, 1.54) is 31.4 Å². The van der Waals surface area contributed by atoms with Crippen molar-refractivity contribution < 1.29 is 9.18 Å². The third-order valence-corrected chi connectivity index (χ3v) is 5.49. The third-order valence-electron chi connectivity index (χ3n) is 5.49. The van der Waals surface area contributed by atoms with Gasteiger partial charge in [-0.05, 0) is 60.1 Å². The molecule has 1 aliphatic carbocycles. The van der Waals surface area contributed by atoms with Crippen LogP contribution in [0.1, 0.15) is 19.3 Å². The van der Waals surface area contributed by atoms with Gasteiger partial charge in [-0.15, -0.1) is 0 Å². The predicted molar refractivity (Wildman–Crippen MR) is 97.7 cm³/mol. The van der Waals surface area contributed by atoms with Gasteiger partial charge in [0.2, 0.25) is 0 Å². The van der Waals surface area contributed by atoms with Gasteiger partial charge in [0.25, 0.3) is 0 Å². The van der Waals surface area contributed by atoms with E-state index in [-0.39, 0.29) is 11.8 Å². The Morgan fingerprint density at radius 3 is 2.36 bits per heavy atom. The molecule has 0 radical (unpaired) electrons. The minimum atomic E-state index is -0.271. The zero-order valence-electron chi connectivity index (χ0n) is 14.0. The smallest absolute Gasteiger partial charge is 0.321 e. The standard InChI is InChI=1S/C20H22FN3O/c21-17-7-4-13(5-8-17)14-6-9-18(22)19(10-14)23-20(25)24-11-15-2-1-3-16(15)12-24/h4-10,15-16H,1-3,11-12,22H2,(H,23,25). The molecule has 1 saturated carbocycles. The molecule has 4 rings (SSSR count). The second kappa shape index (κ2) is 6.39. The highest BCUT2D eigenvalue weighted by Crippen LogP contribution is 2.38. The normalized spacial score (nSPS) is 22.0. The Hall–Kier alpha value is -2.56. The summed E-state index contributed by atoms with van der Waals surface area (Å²) in [6, 6.07) is 11.7. The van der Waals surface area contributed by atoms with E-state index in [9.17, 15) is 9.18 Å². The summed E-state index contributed by atoms with van der Waals surface area (Å²) >= 11 is 0. The number of nitrogens with zero attached hydrogens (tertiary/aromatic N) is 1. The van der Waals surface area contributed by atoms with Gasteiger partial charge in [0.1, 0.15) is 5.82 Å². The predicted octanol–water partition coefficient (Wildman–Crippen LogP) is 4.34. The van der Waals surface area contributed by atoms with E-state index in [0.717, 1.165) is 24.2 Å². The second-order valence-electron chi connectivity index (χ2n) is 7.10. The molecule has 2 fully saturated rings. The fourth-order valence-electron chi connectivity index (χ4n) is 4.08. The summed E-state index contributed by atoms with van der Waals surface area (Å²) < 4.78 is 13.1. The maximum Gasteiger partial charge on any atom is 0.321 e. The zero-order valence-corrected chi connectivity index (χ0v) is 14.0. The molecule has 2 unspecified atom stereocenters. The monoisotopic (exact) mass is 339 g/mol. The number of rotatable bonds is 2. The summed E-state index contributed by atoms with van der Waals surface area (Å²) in [5.74, 6) is 1.05. The fourth-order valence-corrected chi connectivity index (χ4v) is 4.08. The van der Waals surface area contributed by atoms with E-state index in [0.29, 0.717) is 23.2 Å². The van der Waals surface area contributed by atoms with Crippen LogP contribution in [-0.2, 0) is 0 Å². The maximum absolute atomic E-state index is 13.1. The molecular formula is C20H22FN3O. The molecule has 2 atom stereocenters. The zero-order chi connectivity index (χ0) is 17.4. The van der Waals surface area contributed by atoms with E-state index in [4.69, 9.17) is 5.73 Å². The first-order valence-electron chi connectivity index (χ1n) is 8.81. The molecule has 25 heavy (non-hydrogen) atoms. The third kappa shape index (κ3) is 3.18. The number of fused-ring (bicyclic) bond motifs is 1. The lowest BCUT2D eigenvalue weighted by Gasteiger charge is -2.19. The Labute approximate surface area is 146 Å². The van der Waals surface area contributed by atoms with Crippen molar-refractivity contribution in [3.63, 3.8) is 0 Å². The van der Waals surface area contributed by atoms with E-state index >= 15 is 0 Å². The number of nitrogens with one attached hydrogen (secondary N) is 1. The van der Waals surface area contributed by atoms with Crippen LogP contribution < -0.4 is 11.1 Å². The summed E-state index contributed by atoms with van der Waals surface area (Å²) in [5.41, 5.74) is 8.94. The molecule has 1 aliphatic heterocycles. The van der Waals surface area contributed by atoms with Crippen molar-refractivity contribution in [1.29, 1.82) is 0 Å². The van der Waals surface area contributed by atoms with Gasteiger partial charge >= 0.3 is 6.03 Å². The summed E-state index contributed by atoms with van der Waals surface area (Å²) in [5, 5.41) is 2.95. The Balaban J connectivity index is 1.51. The number of likely N-dealkylation sites (tertiary alicyclic amines) is 1. The molecule has 0 bridgehead atoms. The molecule has 2 aromatic carbocycles. The van der Waals surface area contributed by atoms with Crippen LogP contribution in [0.25, 0.3) is 11.1 Å². The number of nitrogens with two attached hydrogens (primary N) is 1. The molecular weight excluding hydrogens is 317 g/mol. The second-order valence-corrected chi connectivity index (χ2v) is 7.10. The lowest BCUT2D eigenvalue weighted by atomic mass is 10.0. The van der Waals surface area contributed by atoms with E-state index in [2.05, 4.69) is 5.32 Å². The molecule has 0 spiro atoms. The first-order chi connectivity index (χ1) is 12.1. The molecule has 4 nitrogen and oxygen atoms in total. The average molecular weight is 339 g/mol. The van der Waals surface area contributed by atoms with Crippen molar-refractivity contribution in [2.45, 2.75) is 19.3 Å². The maximum atomic E-state index is 13.1. The average Bonchev–Trinajstić information content (AvgIpc) is 3.19. The quantitative estimate of drug-likeness (QED) is 0.800. The molecule has 0 aromatic heterocycles. The van der Waals surface area contributed by atoms with Gasteiger partial charge in [-0.25, -0.2) is 9.18 Å². The number of carbonyl (C=O) groups is 1. The van der Waals surface area contributed by atoms with Crippen molar-refractivity contribution in [2.75, 3.05) is 24.1 Å². The van der Waals surface area contributed by atoms with Crippen LogP contribution >= 0.6 is 0 Å². The number of carbonyl (C=O) groups excluding carboxylic acids is 1. The molecule has 2 aromatic rings. The number of halogens is 1. The molecule has 1 heterocycles. The van der Waals surface area contributed by atoms with E-state index < -0.39 is 0 Å². The number of amides is 2. The lowest BCUT2D eigenvalue weighted by Crippen LogP contribution is -2.33. The van der Waals surface area contributed by atoms with Crippen LogP contribution in [0.2, 0.25) is 0 Å². The molecule has 5 heteroatoms. The van der Waals surface area contributed by atoms with Crippen LogP contribution in [0, 0.1) is 17.7 Å². The van der Waals surface area contributed by atoms with Crippen molar-refractivity contribution in [2.24, 2.45) is 11.8 Å². The first-order valence-corrected chi connectivity index (χ1v) is 8.81. The van der Waals surface area contributed by atoms with Crippen LogP contribution in [0.4, 0.5) is 20.6 Å². The summed E-state index contributed by atoms with van der Waals surface area (Å²) in [7, 11) is 0. The van der Waals surface area contributed by atoms with Crippen LogP contribution in [0.5, 0.6) is 0 Å². The number of nitrogen functional groups attached to an aromatic ring is 1. The molecule has 2 aliphatic rings. The number of hydrogen-bond acceptors (Lipinski definition) is 2. The van der Waals surface area contributed by atoms with Crippen molar-refractivity contribution in [1.82, 2.24) is 4.90 Å². The van der Waals surface area contributed by atoms with Gasteiger partial charge in [0.15, 0.2) is 0 Å². The summed E-state index contributed by atoms with van der Waals surface area (Å²) in [6.45, 7) is 1.68. The topological polar surface area (TPSA) is 58.4 Å². The van der Waals surface area contributed by atoms with Gasteiger partial charge in [-0.3, -0.25) is 0 Å².